The van der Waals surface area contributed by atoms with Gasteiger partial charge in [-0.15, -0.1) is 0 Å². The number of nitrogens with one attached hydrogen (secondary N) is 1. The number of hydrogen-bond acceptors (Lipinski definition) is 3. The summed E-state index contributed by atoms with van der Waals surface area (Å²) in [5, 5.41) is 3.02. The Bertz CT molecular complexity index is 448. The minimum absolute atomic E-state index is 0.0313. The van der Waals surface area contributed by atoms with Crippen molar-refractivity contribution in [3.63, 3.8) is 0 Å². The monoisotopic (exact) mass is 251 g/mol. The number of hydrogen-bond donors (Lipinski definition) is 1. The Labute approximate surface area is 108 Å². The molecule has 2 rings (SSSR count). The zero-order valence-electron chi connectivity index (χ0n) is 11.5. The topological polar surface area (TPSA) is 51.5 Å². The zero-order chi connectivity index (χ0) is 13.3. The van der Waals surface area contributed by atoms with Crippen molar-refractivity contribution in [2.24, 2.45) is 5.41 Å². The van der Waals surface area contributed by atoms with Crippen molar-refractivity contribution in [3.8, 4) is 0 Å². The molecule has 1 amide bonds. The molecule has 4 nitrogen and oxygen atoms in total. The number of fused-ring (bicyclic) bond motifs is 1. The smallest absolute Gasteiger partial charge is 0.246 e. The average molecular weight is 251 g/mol. The Balaban J connectivity index is 2.21. The Kier molecular flexibility index (Phi) is 3.48. The number of ether oxygens (including phenoxy) is 1. The van der Waals surface area contributed by atoms with Crippen LogP contribution in [-0.2, 0) is 16.0 Å². The number of carbonyl (C=O) groups excluding carboxylic acids is 1. The fraction of sp³-hybridized carbons (Fsp3) is 0.643. The van der Waals surface area contributed by atoms with E-state index in [0.717, 1.165) is 29.9 Å². The van der Waals surface area contributed by atoms with Gasteiger partial charge in [0, 0.05) is 19.1 Å². The van der Waals surface area contributed by atoms with Crippen molar-refractivity contribution in [1.82, 2.24) is 5.32 Å². The van der Waals surface area contributed by atoms with E-state index in [4.69, 9.17) is 9.15 Å². The first-order chi connectivity index (χ1) is 8.41. The highest BCUT2D eigenvalue weighted by Crippen LogP contribution is 2.41. The third-order valence-corrected chi connectivity index (χ3v) is 3.35. The lowest BCUT2D eigenvalue weighted by Gasteiger charge is -2.34. The van der Waals surface area contributed by atoms with Gasteiger partial charge < -0.3 is 14.5 Å². The highest BCUT2D eigenvalue weighted by molar-refractivity contribution is 5.77. The lowest BCUT2D eigenvalue weighted by Crippen LogP contribution is -2.37. The van der Waals surface area contributed by atoms with Crippen LogP contribution >= 0.6 is 0 Å². The molecule has 0 aromatic carbocycles. The van der Waals surface area contributed by atoms with E-state index in [0.29, 0.717) is 0 Å². The predicted octanol–water partition coefficient (Wildman–Crippen LogP) is 2.36. The van der Waals surface area contributed by atoms with Gasteiger partial charge in [-0.2, -0.15) is 0 Å². The molecule has 1 unspecified atom stereocenters. The molecule has 1 aliphatic carbocycles. The van der Waals surface area contributed by atoms with E-state index < -0.39 is 0 Å². The summed E-state index contributed by atoms with van der Waals surface area (Å²) >= 11 is 0. The van der Waals surface area contributed by atoms with Crippen LogP contribution < -0.4 is 5.32 Å². The molecule has 4 heteroatoms. The van der Waals surface area contributed by atoms with Crippen LogP contribution in [-0.4, -0.2) is 19.6 Å². The van der Waals surface area contributed by atoms with Gasteiger partial charge in [0.25, 0.3) is 0 Å². The molecule has 1 N–H and O–H groups in total. The molecule has 0 saturated heterocycles. The summed E-state index contributed by atoms with van der Waals surface area (Å²) in [7, 11) is 1.53. The van der Waals surface area contributed by atoms with E-state index >= 15 is 0 Å². The summed E-state index contributed by atoms with van der Waals surface area (Å²) in [6.45, 7) is 6.44. The first-order valence-electron chi connectivity index (χ1n) is 6.29. The molecular weight excluding hydrogens is 230 g/mol. The van der Waals surface area contributed by atoms with Crippen molar-refractivity contribution >= 4 is 5.91 Å². The predicted molar refractivity (Wildman–Crippen MR) is 68.3 cm³/mol. The first kappa shape index (κ1) is 13.1. The molecule has 1 atom stereocenters. The standard InChI is InChI=1S/C14H21NO3/c1-9-5-10-11(15-13(16)8-17-4)6-14(2,3)7-12(10)18-9/h5,11H,6-8H2,1-4H3,(H,15,16). The molecule has 1 heterocycles. The maximum atomic E-state index is 11.7. The minimum Gasteiger partial charge on any atom is -0.466 e. The van der Waals surface area contributed by atoms with Gasteiger partial charge in [0.15, 0.2) is 0 Å². The molecule has 0 spiro atoms. The maximum Gasteiger partial charge on any atom is 0.246 e. The number of amides is 1. The number of aryl methyl sites for hydroxylation is 1. The van der Waals surface area contributed by atoms with E-state index in [1.165, 1.54) is 7.11 Å². The van der Waals surface area contributed by atoms with E-state index in [-0.39, 0.29) is 24.0 Å². The van der Waals surface area contributed by atoms with Crippen molar-refractivity contribution in [2.75, 3.05) is 13.7 Å². The summed E-state index contributed by atoms with van der Waals surface area (Å²) in [5.74, 6) is 1.83. The van der Waals surface area contributed by atoms with Gasteiger partial charge in [-0.25, -0.2) is 0 Å². The van der Waals surface area contributed by atoms with Gasteiger partial charge in [-0.3, -0.25) is 4.79 Å². The number of methoxy groups -OCH3 is 1. The van der Waals surface area contributed by atoms with Crippen molar-refractivity contribution in [3.05, 3.63) is 23.2 Å². The van der Waals surface area contributed by atoms with Gasteiger partial charge >= 0.3 is 0 Å². The molecule has 0 saturated carbocycles. The van der Waals surface area contributed by atoms with Crippen LogP contribution in [0, 0.1) is 12.3 Å². The van der Waals surface area contributed by atoms with Crippen LogP contribution in [0.1, 0.15) is 43.4 Å². The Morgan fingerprint density at radius 1 is 1.61 bits per heavy atom. The Morgan fingerprint density at radius 3 is 3.00 bits per heavy atom. The third-order valence-electron chi connectivity index (χ3n) is 3.35. The van der Waals surface area contributed by atoms with Crippen LogP contribution in [0.2, 0.25) is 0 Å². The van der Waals surface area contributed by atoms with Crippen LogP contribution in [0.3, 0.4) is 0 Å². The quantitative estimate of drug-likeness (QED) is 0.897. The normalized spacial score (nSPS) is 21.4. The fourth-order valence-corrected chi connectivity index (χ4v) is 2.68. The summed E-state index contributed by atoms with van der Waals surface area (Å²) in [5.41, 5.74) is 1.26. The Morgan fingerprint density at radius 2 is 2.33 bits per heavy atom. The van der Waals surface area contributed by atoms with Crippen molar-refractivity contribution in [1.29, 1.82) is 0 Å². The lowest BCUT2D eigenvalue weighted by molar-refractivity contribution is -0.125. The van der Waals surface area contributed by atoms with E-state index in [1.54, 1.807) is 0 Å². The second kappa shape index (κ2) is 4.76. The van der Waals surface area contributed by atoms with Gasteiger partial charge in [0.2, 0.25) is 5.91 Å². The van der Waals surface area contributed by atoms with Gasteiger partial charge in [0.05, 0.1) is 6.04 Å². The number of carbonyl (C=O) groups is 1. The van der Waals surface area contributed by atoms with Crippen LogP contribution in [0.25, 0.3) is 0 Å². The van der Waals surface area contributed by atoms with E-state index in [1.807, 2.05) is 13.0 Å². The minimum atomic E-state index is -0.0787. The van der Waals surface area contributed by atoms with Gasteiger partial charge in [-0.05, 0) is 24.8 Å². The fourth-order valence-electron chi connectivity index (χ4n) is 2.68. The number of rotatable bonds is 3. The van der Waals surface area contributed by atoms with Crippen molar-refractivity contribution < 1.29 is 13.9 Å². The van der Waals surface area contributed by atoms with E-state index in [9.17, 15) is 4.79 Å². The second-order valence-corrected chi connectivity index (χ2v) is 5.83. The number of furan rings is 1. The van der Waals surface area contributed by atoms with Gasteiger partial charge in [0.1, 0.15) is 18.1 Å². The highest BCUT2D eigenvalue weighted by Gasteiger charge is 2.35. The largest absolute Gasteiger partial charge is 0.466 e. The molecule has 0 fully saturated rings. The van der Waals surface area contributed by atoms with Gasteiger partial charge in [-0.1, -0.05) is 13.8 Å². The Hall–Kier alpha value is -1.29. The summed E-state index contributed by atoms with van der Waals surface area (Å²) < 4.78 is 10.6. The first-order valence-corrected chi connectivity index (χ1v) is 6.29. The summed E-state index contributed by atoms with van der Waals surface area (Å²) in [6, 6.07) is 2.06. The molecule has 0 radical (unpaired) electrons. The molecule has 0 aliphatic heterocycles. The molecule has 0 bridgehead atoms. The molecule has 1 aromatic rings. The van der Waals surface area contributed by atoms with Crippen LogP contribution in [0.4, 0.5) is 0 Å². The van der Waals surface area contributed by atoms with E-state index in [2.05, 4.69) is 19.2 Å². The molecule has 1 aliphatic rings. The summed E-state index contributed by atoms with van der Waals surface area (Å²) in [4.78, 5) is 11.7. The zero-order valence-corrected chi connectivity index (χ0v) is 11.5. The van der Waals surface area contributed by atoms with Crippen molar-refractivity contribution in [2.45, 2.75) is 39.7 Å². The molecular formula is C14H21NO3. The molecule has 100 valence electrons. The average Bonchev–Trinajstić information content (AvgIpc) is 2.57. The lowest BCUT2D eigenvalue weighted by atomic mass is 9.74. The SMILES string of the molecule is COCC(=O)NC1CC(C)(C)Cc2oc(C)cc21. The highest BCUT2D eigenvalue weighted by atomic mass is 16.5. The summed E-state index contributed by atoms with van der Waals surface area (Å²) in [6.07, 6.45) is 1.85. The maximum absolute atomic E-state index is 11.7. The second-order valence-electron chi connectivity index (χ2n) is 5.83. The molecule has 1 aromatic heterocycles. The van der Waals surface area contributed by atoms with Crippen LogP contribution in [0.15, 0.2) is 10.5 Å². The third kappa shape index (κ3) is 2.75. The van der Waals surface area contributed by atoms with Crippen LogP contribution in [0.5, 0.6) is 0 Å². The molecule has 18 heavy (non-hydrogen) atoms.